The van der Waals surface area contributed by atoms with Crippen molar-refractivity contribution in [1.82, 2.24) is 9.80 Å². The molecule has 128 valence electrons. The van der Waals surface area contributed by atoms with Crippen LogP contribution >= 0.6 is 0 Å². The molecule has 0 bridgehead atoms. The summed E-state index contributed by atoms with van der Waals surface area (Å²) in [5, 5.41) is 48.4. The Labute approximate surface area is 122 Å². The highest BCUT2D eigenvalue weighted by atomic mass is 16.5. The number of aliphatic hydroxyl groups excluding tert-OH is 6. The van der Waals surface area contributed by atoms with Crippen LogP contribution in [0.4, 0.5) is 0 Å². The molecule has 0 fully saturated rings. The summed E-state index contributed by atoms with van der Waals surface area (Å²) in [6, 6.07) is 0. The average Bonchev–Trinajstić information content (AvgIpc) is 2.53. The first-order valence-corrected chi connectivity index (χ1v) is 5.73. The topological polar surface area (TPSA) is 171 Å². The zero-order valence-corrected chi connectivity index (χ0v) is 11.6. The van der Waals surface area contributed by atoms with E-state index < -0.39 is 26.9 Å². The normalized spacial score (nSPS) is 8.67. The van der Waals surface area contributed by atoms with Gasteiger partial charge in [-0.25, -0.2) is 0 Å². The van der Waals surface area contributed by atoms with E-state index in [1.165, 1.54) is 0 Å². The van der Waals surface area contributed by atoms with Crippen LogP contribution in [0, 0.1) is 0 Å². The lowest BCUT2D eigenvalue weighted by atomic mass is 10.7. The Balaban J connectivity index is -0.000000231. The first-order chi connectivity index (χ1) is 10.1. The van der Waals surface area contributed by atoms with E-state index in [2.05, 4.69) is 4.74 Å². The molecule has 11 heteroatoms. The minimum absolute atomic E-state index is 0.0278. The van der Waals surface area contributed by atoms with Crippen molar-refractivity contribution in [2.45, 2.75) is 0 Å². The molecule has 0 saturated carbocycles. The number of carbonyl (C=O) groups is 2. The molecule has 21 heavy (non-hydrogen) atoms. The molecule has 0 aliphatic heterocycles. The number of nitrogens with zero attached hydrogens (tertiary/aromatic N) is 2. The Kier molecular flexibility index (Phi) is 27.9. The standard InChI is InChI=1S/C4H10O3.2C3H7NO3/c5-1-3-7-4-2-6;2*5-1-4(2-6)3-7/h5-6H,1-4H2;2*1,6-7H,2-3H2. The lowest BCUT2D eigenvalue weighted by Crippen LogP contribution is -2.23. The summed E-state index contributed by atoms with van der Waals surface area (Å²) >= 11 is 0. The zero-order valence-electron chi connectivity index (χ0n) is 11.6. The molecule has 0 radical (unpaired) electrons. The van der Waals surface area contributed by atoms with Crippen molar-refractivity contribution in [1.29, 1.82) is 0 Å². The summed E-state index contributed by atoms with van der Waals surface area (Å²) in [4.78, 5) is 20.8. The van der Waals surface area contributed by atoms with Gasteiger partial charge < -0.3 is 35.4 Å². The molecule has 6 N–H and O–H groups in total. The van der Waals surface area contributed by atoms with Crippen LogP contribution in [-0.2, 0) is 14.3 Å². The molecule has 0 heterocycles. The molecule has 0 rings (SSSR count). The Morgan fingerprint density at radius 1 is 0.667 bits per heavy atom. The molecule has 0 aliphatic carbocycles. The molecule has 0 aromatic carbocycles. The van der Waals surface area contributed by atoms with E-state index in [-0.39, 0.29) is 13.2 Å². The Morgan fingerprint density at radius 3 is 1.05 bits per heavy atom. The van der Waals surface area contributed by atoms with Gasteiger partial charge in [0.1, 0.15) is 26.9 Å². The molecule has 0 aromatic rings. The molecule has 0 unspecified atom stereocenters. The van der Waals surface area contributed by atoms with Crippen LogP contribution < -0.4 is 0 Å². The van der Waals surface area contributed by atoms with Crippen LogP contribution in [0.1, 0.15) is 0 Å². The number of amides is 2. The molecular weight excluding hydrogens is 292 g/mol. The summed E-state index contributed by atoms with van der Waals surface area (Å²) < 4.78 is 4.63. The Bertz CT molecular complexity index is 181. The quantitative estimate of drug-likeness (QED) is 0.132. The highest BCUT2D eigenvalue weighted by Gasteiger charge is 1.90. The summed E-state index contributed by atoms with van der Waals surface area (Å²) in [5.74, 6) is 0. The molecule has 11 nitrogen and oxygen atoms in total. The first-order valence-electron chi connectivity index (χ1n) is 5.73. The Hall–Kier alpha value is -1.34. The third-order valence-corrected chi connectivity index (χ3v) is 1.50. The van der Waals surface area contributed by atoms with Crippen LogP contribution in [0.25, 0.3) is 0 Å². The monoisotopic (exact) mass is 316 g/mol. The van der Waals surface area contributed by atoms with Crippen molar-refractivity contribution in [2.24, 2.45) is 0 Å². The summed E-state index contributed by atoms with van der Waals surface area (Å²) in [5.41, 5.74) is 0. The fraction of sp³-hybridized carbons (Fsp3) is 0.800. The SMILES string of the molecule is O=CN(CO)CO.O=CN(CO)CO.OCCOCCO. The number of hydrogen-bond acceptors (Lipinski definition) is 9. The number of hydrogen-bond donors (Lipinski definition) is 6. The van der Waals surface area contributed by atoms with Gasteiger partial charge >= 0.3 is 0 Å². The molecule has 0 atom stereocenters. The van der Waals surface area contributed by atoms with Crippen molar-refractivity contribution in [3.05, 3.63) is 0 Å². The zero-order chi connectivity index (χ0) is 16.9. The lowest BCUT2D eigenvalue weighted by molar-refractivity contribution is -0.126. The molecule has 0 saturated heterocycles. The molecule has 0 spiro atoms. The van der Waals surface area contributed by atoms with E-state index in [9.17, 15) is 9.59 Å². The molecule has 0 aromatic heterocycles. The number of carbonyl (C=O) groups excluding carboxylic acids is 2. The third kappa shape index (κ3) is 24.1. The summed E-state index contributed by atoms with van der Waals surface area (Å²) in [6.45, 7) is -1.03. The van der Waals surface area contributed by atoms with Gasteiger partial charge in [0.25, 0.3) is 0 Å². The largest absolute Gasteiger partial charge is 0.394 e. The third-order valence-electron chi connectivity index (χ3n) is 1.50. The van der Waals surface area contributed by atoms with Gasteiger partial charge in [-0.2, -0.15) is 0 Å². The van der Waals surface area contributed by atoms with Crippen LogP contribution in [0.5, 0.6) is 0 Å². The predicted octanol–water partition coefficient (Wildman–Crippen LogP) is -4.32. The van der Waals surface area contributed by atoms with Gasteiger partial charge in [0.05, 0.1) is 26.4 Å². The van der Waals surface area contributed by atoms with Crippen LogP contribution in [0.2, 0.25) is 0 Å². The fourth-order valence-corrected chi connectivity index (χ4v) is 0.454. The Morgan fingerprint density at radius 2 is 0.952 bits per heavy atom. The van der Waals surface area contributed by atoms with Crippen molar-refractivity contribution in [3.8, 4) is 0 Å². The van der Waals surface area contributed by atoms with Crippen molar-refractivity contribution in [3.63, 3.8) is 0 Å². The van der Waals surface area contributed by atoms with E-state index in [4.69, 9.17) is 30.6 Å². The lowest BCUT2D eigenvalue weighted by Gasteiger charge is -2.06. The van der Waals surface area contributed by atoms with Crippen molar-refractivity contribution in [2.75, 3.05) is 53.4 Å². The fourth-order valence-electron chi connectivity index (χ4n) is 0.454. The van der Waals surface area contributed by atoms with E-state index in [0.29, 0.717) is 26.0 Å². The summed E-state index contributed by atoms with van der Waals surface area (Å²) in [7, 11) is 0. The van der Waals surface area contributed by atoms with Crippen molar-refractivity contribution >= 4 is 12.8 Å². The van der Waals surface area contributed by atoms with Gasteiger partial charge in [-0.1, -0.05) is 0 Å². The van der Waals surface area contributed by atoms with Gasteiger partial charge in [-0.15, -0.1) is 0 Å². The molecule has 0 aliphatic rings. The van der Waals surface area contributed by atoms with E-state index in [1.54, 1.807) is 0 Å². The van der Waals surface area contributed by atoms with Gasteiger partial charge in [-0.3, -0.25) is 19.4 Å². The van der Waals surface area contributed by atoms with Gasteiger partial charge in [0.2, 0.25) is 12.8 Å². The van der Waals surface area contributed by atoms with Crippen LogP contribution in [0.15, 0.2) is 0 Å². The maximum Gasteiger partial charge on any atom is 0.213 e. The maximum absolute atomic E-state index is 9.57. The van der Waals surface area contributed by atoms with Crippen LogP contribution in [-0.4, -0.2) is 107 Å². The highest BCUT2D eigenvalue weighted by Crippen LogP contribution is 1.71. The second-order valence-electron chi connectivity index (χ2n) is 3.01. The molecular formula is C10H24N2O9. The van der Waals surface area contributed by atoms with E-state index >= 15 is 0 Å². The number of ether oxygens (including phenoxy) is 1. The highest BCUT2D eigenvalue weighted by molar-refractivity contribution is 5.46. The number of aliphatic hydroxyl groups is 6. The van der Waals surface area contributed by atoms with Gasteiger partial charge in [-0.05, 0) is 0 Å². The van der Waals surface area contributed by atoms with Crippen LogP contribution in [0.3, 0.4) is 0 Å². The smallest absolute Gasteiger partial charge is 0.213 e. The second-order valence-corrected chi connectivity index (χ2v) is 3.01. The van der Waals surface area contributed by atoms with Crippen molar-refractivity contribution < 1.29 is 45.0 Å². The number of rotatable bonds is 10. The predicted molar refractivity (Wildman–Crippen MR) is 69.1 cm³/mol. The minimum Gasteiger partial charge on any atom is -0.394 e. The maximum atomic E-state index is 9.57. The van der Waals surface area contributed by atoms with Gasteiger partial charge in [0, 0.05) is 0 Å². The van der Waals surface area contributed by atoms with Gasteiger partial charge in [0.15, 0.2) is 0 Å². The minimum atomic E-state index is -0.431. The first kappa shape index (κ1) is 24.7. The summed E-state index contributed by atoms with van der Waals surface area (Å²) in [6.07, 6.45) is 0.722. The molecule has 2 amide bonds. The average molecular weight is 316 g/mol. The van der Waals surface area contributed by atoms with E-state index in [0.717, 1.165) is 9.80 Å². The second kappa shape index (κ2) is 23.7. The van der Waals surface area contributed by atoms with E-state index in [1.807, 2.05) is 0 Å².